The van der Waals surface area contributed by atoms with E-state index in [1.807, 2.05) is 12.1 Å². The molecule has 1 aromatic carbocycles. The normalized spacial score (nSPS) is 25.6. The van der Waals surface area contributed by atoms with Gasteiger partial charge in [-0.25, -0.2) is 0 Å². The van der Waals surface area contributed by atoms with Crippen LogP contribution in [0.4, 0.5) is 5.69 Å². The van der Waals surface area contributed by atoms with E-state index in [0.29, 0.717) is 22.0 Å². The van der Waals surface area contributed by atoms with Crippen LogP contribution >= 0.6 is 11.6 Å². The summed E-state index contributed by atoms with van der Waals surface area (Å²) < 4.78 is 0. The van der Waals surface area contributed by atoms with E-state index in [0.717, 1.165) is 11.6 Å². The highest BCUT2D eigenvalue weighted by atomic mass is 35.5. The molecular formula is C16H21ClN2. The second-order valence-corrected chi connectivity index (χ2v) is 6.97. The Hall–Kier alpha value is -1.20. The Kier molecular flexibility index (Phi) is 4.06. The van der Waals surface area contributed by atoms with Crippen LogP contribution in [0.3, 0.4) is 0 Å². The minimum atomic E-state index is 0.395. The quantitative estimate of drug-likeness (QED) is 0.839. The fourth-order valence-electron chi connectivity index (χ4n) is 3.39. The Bertz CT molecular complexity index is 502. The highest BCUT2D eigenvalue weighted by molar-refractivity contribution is 6.32. The van der Waals surface area contributed by atoms with Gasteiger partial charge >= 0.3 is 0 Å². The van der Waals surface area contributed by atoms with Gasteiger partial charge in [0.15, 0.2) is 0 Å². The first-order valence-electron chi connectivity index (χ1n) is 6.86. The van der Waals surface area contributed by atoms with Crippen molar-refractivity contribution in [2.45, 2.75) is 46.1 Å². The minimum absolute atomic E-state index is 0.395. The molecule has 0 aliphatic heterocycles. The van der Waals surface area contributed by atoms with Gasteiger partial charge in [-0.15, -0.1) is 0 Å². The number of hydrogen-bond acceptors (Lipinski definition) is 2. The Morgan fingerprint density at radius 2 is 2.11 bits per heavy atom. The van der Waals surface area contributed by atoms with Gasteiger partial charge in [0.05, 0.1) is 10.6 Å². The molecule has 2 rings (SSSR count). The molecule has 19 heavy (non-hydrogen) atoms. The number of nitrogens with one attached hydrogen (secondary N) is 1. The summed E-state index contributed by atoms with van der Waals surface area (Å²) in [6.07, 6.45) is 3.66. The highest BCUT2D eigenvalue weighted by Gasteiger charge is 2.31. The molecule has 1 aromatic rings. The molecule has 0 amide bonds. The van der Waals surface area contributed by atoms with Gasteiger partial charge in [-0.1, -0.05) is 32.4 Å². The minimum Gasteiger partial charge on any atom is -0.382 e. The molecule has 2 nitrogen and oxygen atoms in total. The molecule has 0 heterocycles. The number of benzene rings is 1. The van der Waals surface area contributed by atoms with Gasteiger partial charge in [0, 0.05) is 11.7 Å². The van der Waals surface area contributed by atoms with Crippen LogP contribution in [0.2, 0.25) is 5.02 Å². The first-order chi connectivity index (χ1) is 8.89. The summed E-state index contributed by atoms with van der Waals surface area (Å²) in [5, 5.41) is 13.0. The monoisotopic (exact) mass is 276 g/mol. The van der Waals surface area contributed by atoms with E-state index in [4.69, 9.17) is 16.9 Å². The second-order valence-electron chi connectivity index (χ2n) is 6.56. The van der Waals surface area contributed by atoms with Gasteiger partial charge < -0.3 is 5.32 Å². The standard InChI is InChI=1S/C16H21ClN2/c1-11-6-14(9-16(2,3)8-11)19-13-5-4-12(10-18)15(17)7-13/h4-5,7,11,14,19H,6,8-9H2,1-3H3. The summed E-state index contributed by atoms with van der Waals surface area (Å²) >= 11 is 6.07. The van der Waals surface area contributed by atoms with Gasteiger partial charge in [-0.05, 0) is 48.8 Å². The second kappa shape index (κ2) is 5.43. The molecule has 0 radical (unpaired) electrons. The maximum atomic E-state index is 8.88. The average Bonchev–Trinajstić information content (AvgIpc) is 2.26. The van der Waals surface area contributed by atoms with Crippen molar-refractivity contribution < 1.29 is 0 Å². The summed E-state index contributed by atoms with van der Waals surface area (Å²) in [7, 11) is 0. The molecule has 0 saturated heterocycles. The molecule has 2 atom stereocenters. The van der Waals surface area contributed by atoms with Crippen molar-refractivity contribution in [3.05, 3.63) is 28.8 Å². The number of anilines is 1. The first-order valence-corrected chi connectivity index (χ1v) is 7.23. The topological polar surface area (TPSA) is 35.8 Å². The Morgan fingerprint density at radius 3 is 2.68 bits per heavy atom. The Balaban J connectivity index is 2.09. The third kappa shape index (κ3) is 3.64. The molecule has 0 aromatic heterocycles. The van der Waals surface area contributed by atoms with Crippen molar-refractivity contribution in [2.24, 2.45) is 11.3 Å². The maximum absolute atomic E-state index is 8.88. The first kappa shape index (κ1) is 14.2. The van der Waals surface area contributed by atoms with Crippen LogP contribution < -0.4 is 5.32 Å². The van der Waals surface area contributed by atoms with Gasteiger partial charge in [0.25, 0.3) is 0 Å². The van der Waals surface area contributed by atoms with E-state index in [1.54, 1.807) is 6.07 Å². The van der Waals surface area contributed by atoms with E-state index < -0.39 is 0 Å². The number of halogens is 1. The fraction of sp³-hybridized carbons (Fsp3) is 0.562. The molecule has 1 N–H and O–H groups in total. The van der Waals surface area contributed by atoms with Gasteiger partial charge in [0.2, 0.25) is 0 Å². The molecule has 0 bridgehead atoms. The summed E-state index contributed by atoms with van der Waals surface area (Å²) in [4.78, 5) is 0. The molecule has 0 spiro atoms. The van der Waals surface area contributed by atoms with Crippen molar-refractivity contribution in [1.82, 2.24) is 0 Å². The van der Waals surface area contributed by atoms with Crippen molar-refractivity contribution >= 4 is 17.3 Å². The molecular weight excluding hydrogens is 256 g/mol. The molecule has 2 unspecified atom stereocenters. The third-order valence-corrected chi connectivity index (χ3v) is 4.16. The Morgan fingerprint density at radius 1 is 1.37 bits per heavy atom. The Labute approximate surface area is 120 Å². The summed E-state index contributed by atoms with van der Waals surface area (Å²) in [5.41, 5.74) is 1.94. The molecule has 1 fully saturated rings. The number of nitriles is 1. The lowest BCUT2D eigenvalue weighted by molar-refractivity contribution is 0.178. The largest absolute Gasteiger partial charge is 0.382 e. The fourth-order valence-corrected chi connectivity index (χ4v) is 3.61. The van der Waals surface area contributed by atoms with E-state index in [9.17, 15) is 0 Å². The van der Waals surface area contributed by atoms with E-state index >= 15 is 0 Å². The van der Waals surface area contributed by atoms with Gasteiger partial charge in [0.1, 0.15) is 6.07 Å². The number of hydrogen-bond donors (Lipinski definition) is 1. The highest BCUT2D eigenvalue weighted by Crippen LogP contribution is 2.39. The summed E-state index contributed by atoms with van der Waals surface area (Å²) in [6, 6.07) is 8.15. The molecule has 1 aliphatic carbocycles. The van der Waals surface area contributed by atoms with E-state index in [2.05, 4.69) is 32.2 Å². The van der Waals surface area contributed by atoms with E-state index in [1.165, 1.54) is 19.3 Å². The predicted octanol–water partition coefficient (Wildman–Crippen LogP) is 4.84. The zero-order chi connectivity index (χ0) is 14.0. The predicted molar refractivity (Wildman–Crippen MR) is 80.4 cm³/mol. The van der Waals surface area contributed by atoms with Gasteiger partial charge in [-0.2, -0.15) is 5.26 Å². The van der Waals surface area contributed by atoms with E-state index in [-0.39, 0.29) is 0 Å². The molecule has 1 saturated carbocycles. The number of rotatable bonds is 2. The summed E-state index contributed by atoms with van der Waals surface area (Å²) in [5.74, 6) is 0.745. The zero-order valence-corrected chi connectivity index (χ0v) is 12.6. The number of nitrogens with zero attached hydrogens (tertiary/aromatic N) is 1. The van der Waals surface area contributed by atoms with Gasteiger partial charge in [-0.3, -0.25) is 0 Å². The molecule has 3 heteroatoms. The van der Waals surface area contributed by atoms with Crippen LogP contribution in [0, 0.1) is 22.7 Å². The molecule has 102 valence electrons. The van der Waals surface area contributed by atoms with Crippen molar-refractivity contribution in [2.75, 3.05) is 5.32 Å². The maximum Gasteiger partial charge on any atom is 0.101 e. The smallest absolute Gasteiger partial charge is 0.101 e. The zero-order valence-electron chi connectivity index (χ0n) is 11.8. The van der Waals surface area contributed by atoms with Crippen LogP contribution in [0.15, 0.2) is 18.2 Å². The van der Waals surface area contributed by atoms with Crippen molar-refractivity contribution in [1.29, 1.82) is 5.26 Å². The average molecular weight is 277 g/mol. The SMILES string of the molecule is CC1CC(Nc2ccc(C#N)c(Cl)c2)CC(C)(C)C1. The van der Waals surface area contributed by atoms with Crippen LogP contribution in [0.5, 0.6) is 0 Å². The molecule has 1 aliphatic rings. The third-order valence-electron chi connectivity index (χ3n) is 3.85. The lowest BCUT2D eigenvalue weighted by Gasteiger charge is -2.39. The van der Waals surface area contributed by atoms with Crippen molar-refractivity contribution in [3.63, 3.8) is 0 Å². The van der Waals surface area contributed by atoms with Crippen LogP contribution in [-0.4, -0.2) is 6.04 Å². The summed E-state index contributed by atoms with van der Waals surface area (Å²) in [6.45, 7) is 6.99. The lowest BCUT2D eigenvalue weighted by Crippen LogP contribution is -2.35. The van der Waals surface area contributed by atoms with Crippen LogP contribution in [-0.2, 0) is 0 Å². The van der Waals surface area contributed by atoms with Crippen LogP contribution in [0.25, 0.3) is 0 Å². The lowest BCUT2D eigenvalue weighted by atomic mass is 9.70. The van der Waals surface area contributed by atoms with Crippen LogP contribution in [0.1, 0.15) is 45.6 Å². The van der Waals surface area contributed by atoms with Crippen molar-refractivity contribution in [3.8, 4) is 6.07 Å².